The Balaban J connectivity index is 1.90. The molecule has 4 heteroatoms. The summed E-state index contributed by atoms with van der Waals surface area (Å²) in [4.78, 5) is 20.2. The molecule has 1 aromatic rings. The maximum absolute atomic E-state index is 12.2. The van der Waals surface area contributed by atoms with Crippen molar-refractivity contribution >= 4 is 22.6 Å². The Morgan fingerprint density at radius 3 is 2.35 bits per heavy atom. The van der Waals surface area contributed by atoms with Gasteiger partial charge in [0.25, 0.3) is 5.56 Å². The molecule has 0 atom stereocenters. The van der Waals surface area contributed by atoms with E-state index >= 15 is 0 Å². The van der Waals surface area contributed by atoms with Gasteiger partial charge >= 0.3 is 0 Å². The van der Waals surface area contributed by atoms with Crippen LogP contribution in [0.3, 0.4) is 0 Å². The van der Waals surface area contributed by atoms with Gasteiger partial charge in [-0.05, 0) is 54.2 Å². The molecule has 0 amide bonds. The molecule has 2 fully saturated rings. The highest BCUT2D eigenvalue weighted by Crippen LogP contribution is 2.37. The molecule has 0 unspecified atom stereocenters. The van der Waals surface area contributed by atoms with E-state index < -0.39 is 0 Å². The number of aromatic amines is 1. The topological polar surface area (TPSA) is 45.8 Å². The van der Waals surface area contributed by atoms with E-state index in [-0.39, 0.29) is 5.56 Å². The van der Waals surface area contributed by atoms with Crippen LogP contribution in [0.25, 0.3) is 0 Å². The van der Waals surface area contributed by atoms with E-state index in [1.165, 1.54) is 51.4 Å². The number of nitrogens with one attached hydrogen (secondary N) is 1. The van der Waals surface area contributed by atoms with E-state index in [9.17, 15) is 4.79 Å². The smallest absolute Gasteiger partial charge is 0.264 e. The number of H-pyrrole nitrogens is 1. The lowest BCUT2D eigenvalue weighted by molar-refractivity contribution is 0.338. The van der Waals surface area contributed by atoms with Crippen molar-refractivity contribution < 1.29 is 0 Å². The van der Waals surface area contributed by atoms with Crippen LogP contribution in [0.15, 0.2) is 4.79 Å². The van der Waals surface area contributed by atoms with E-state index in [2.05, 4.69) is 34.5 Å². The van der Waals surface area contributed by atoms with Crippen LogP contribution < -0.4 is 5.56 Å². The molecule has 3 rings (SSSR count). The summed E-state index contributed by atoms with van der Waals surface area (Å²) in [6.07, 6.45) is 9.85. The fourth-order valence-corrected chi connectivity index (χ4v) is 4.39. The molecule has 0 aliphatic heterocycles. The molecular weight excluding hydrogens is 363 g/mol. The summed E-state index contributed by atoms with van der Waals surface area (Å²) < 4.78 is 0.822. The first-order valence-corrected chi connectivity index (χ1v) is 9.02. The molecule has 0 spiro atoms. The van der Waals surface area contributed by atoms with E-state index in [1.807, 2.05) is 0 Å². The second kappa shape index (κ2) is 6.16. The van der Waals surface area contributed by atoms with E-state index in [1.54, 1.807) is 0 Å². The molecule has 2 aliphatic rings. The van der Waals surface area contributed by atoms with E-state index in [4.69, 9.17) is 4.98 Å². The normalized spacial score (nSPS) is 27.9. The SMILES string of the molecule is CC1CCC(c2nc(C3CCCC3)c(I)c(=O)[nH]2)CC1. The van der Waals surface area contributed by atoms with Crippen LogP contribution in [-0.4, -0.2) is 9.97 Å². The predicted molar refractivity (Wildman–Crippen MR) is 89.2 cm³/mol. The van der Waals surface area contributed by atoms with Gasteiger partial charge in [0.15, 0.2) is 0 Å². The summed E-state index contributed by atoms with van der Waals surface area (Å²) in [6.45, 7) is 2.32. The second-order valence-electron chi connectivity index (χ2n) is 6.59. The van der Waals surface area contributed by atoms with Crippen molar-refractivity contribution in [1.29, 1.82) is 0 Å². The fourth-order valence-electron chi connectivity index (χ4n) is 3.69. The summed E-state index contributed by atoms with van der Waals surface area (Å²) in [5, 5.41) is 0. The predicted octanol–water partition coefficient (Wildman–Crippen LogP) is 4.33. The number of halogens is 1. The number of hydrogen-bond acceptors (Lipinski definition) is 2. The monoisotopic (exact) mass is 386 g/mol. The number of rotatable bonds is 2. The third-order valence-corrected chi connectivity index (χ3v) is 6.09. The Hall–Kier alpha value is -0.390. The average Bonchev–Trinajstić information content (AvgIpc) is 2.96. The van der Waals surface area contributed by atoms with Gasteiger partial charge in [-0.3, -0.25) is 4.79 Å². The highest BCUT2D eigenvalue weighted by molar-refractivity contribution is 14.1. The lowest BCUT2D eigenvalue weighted by Gasteiger charge is -2.26. The molecule has 3 nitrogen and oxygen atoms in total. The minimum atomic E-state index is 0.0797. The lowest BCUT2D eigenvalue weighted by Crippen LogP contribution is -2.23. The number of aromatic nitrogens is 2. The van der Waals surface area contributed by atoms with Crippen molar-refractivity contribution in [2.75, 3.05) is 0 Å². The first-order valence-electron chi connectivity index (χ1n) is 7.94. The quantitative estimate of drug-likeness (QED) is 0.770. The van der Waals surface area contributed by atoms with E-state index in [0.29, 0.717) is 11.8 Å². The maximum Gasteiger partial charge on any atom is 0.264 e. The van der Waals surface area contributed by atoms with Gasteiger partial charge in [0.1, 0.15) is 5.82 Å². The highest BCUT2D eigenvalue weighted by Gasteiger charge is 2.26. The number of nitrogens with zero attached hydrogens (tertiary/aromatic N) is 1. The van der Waals surface area contributed by atoms with Gasteiger partial charge in [0.05, 0.1) is 9.26 Å². The van der Waals surface area contributed by atoms with Crippen molar-refractivity contribution in [3.63, 3.8) is 0 Å². The molecule has 1 heterocycles. The molecule has 110 valence electrons. The average molecular weight is 386 g/mol. The number of hydrogen-bond donors (Lipinski definition) is 1. The van der Waals surface area contributed by atoms with Gasteiger partial charge in [-0.2, -0.15) is 0 Å². The lowest BCUT2D eigenvalue weighted by atomic mass is 9.82. The molecule has 1 N–H and O–H groups in total. The van der Waals surface area contributed by atoms with Crippen LogP contribution in [-0.2, 0) is 0 Å². The van der Waals surface area contributed by atoms with Crippen molar-refractivity contribution in [3.8, 4) is 0 Å². The first kappa shape index (κ1) is 14.5. The minimum Gasteiger partial charge on any atom is -0.309 e. The van der Waals surface area contributed by atoms with Gasteiger partial charge in [-0.15, -0.1) is 0 Å². The van der Waals surface area contributed by atoms with Gasteiger partial charge in [-0.25, -0.2) is 4.98 Å². The van der Waals surface area contributed by atoms with Crippen LogP contribution >= 0.6 is 22.6 Å². The Morgan fingerprint density at radius 2 is 1.70 bits per heavy atom. The van der Waals surface area contributed by atoms with Crippen LogP contribution in [0.4, 0.5) is 0 Å². The van der Waals surface area contributed by atoms with Gasteiger partial charge in [0.2, 0.25) is 0 Å². The summed E-state index contributed by atoms with van der Waals surface area (Å²) in [5.41, 5.74) is 1.16. The van der Waals surface area contributed by atoms with Crippen molar-refractivity contribution in [3.05, 3.63) is 25.4 Å². The zero-order chi connectivity index (χ0) is 14.1. The zero-order valence-corrected chi connectivity index (χ0v) is 14.3. The zero-order valence-electron chi connectivity index (χ0n) is 12.1. The van der Waals surface area contributed by atoms with Crippen molar-refractivity contribution in [2.24, 2.45) is 5.92 Å². The van der Waals surface area contributed by atoms with Crippen LogP contribution in [0.2, 0.25) is 0 Å². The van der Waals surface area contributed by atoms with Crippen molar-refractivity contribution in [1.82, 2.24) is 9.97 Å². The van der Waals surface area contributed by atoms with Crippen molar-refractivity contribution in [2.45, 2.75) is 70.1 Å². The largest absolute Gasteiger partial charge is 0.309 e. The maximum atomic E-state index is 12.2. The van der Waals surface area contributed by atoms with Crippen LogP contribution in [0, 0.1) is 9.49 Å². The molecule has 0 saturated heterocycles. The summed E-state index contributed by atoms with van der Waals surface area (Å²) in [7, 11) is 0. The second-order valence-corrected chi connectivity index (χ2v) is 7.67. The molecule has 0 radical (unpaired) electrons. The van der Waals surface area contributed by atoms with Gasteiger partial charge in [0, 0.05) is 11.8 Å². The van der Waals surface area contributed by atoms with Gasteiger partial charge < -0.3 is 4.98 Å². The molecule has 20 heavy (non-hydrogen) atoms. The first-order chi connectivity index (χ1) is 9.65. The minimum absolute atomic E-state index is 0.0797. The molecular formula is C16H23IN2O. The molecule has 0 aromatic carbocycles. The molecule has 1 aromatic heterocycles. The van der Waals surface area contributed by atoms with Crippen LogP contribution in [0.5, 0.6) is 0 Å². The molecule has 0 bridgehead atoms. The molecule has 2 aliphatic carbocycles. The summed E-state index contributed by atoms with van der Waals surface area (Å²) in [6, 6.07) is 0. The van der Waals surface area contributed by atoms with E-state index in [0.717, 1.165) is 21.0 Å². The summed E-state index contributed by atoms with van der Waals surface area (Å²) in [5.74, 6) is 2.78. The Bertz CT molecular complexity index is 526. The third-order valence-electron chi connectivity index (χ3n) is 5.05. The summed E-state index contributed by atoms with van der Waals surface area (Å²) >= 11 is 2.18. The van der Waals surface area contributed by atoms with Crippen LogP contribution in [0.1, 0.15) is 81.6 Å². The fraction of sp³-hybridized carbons (Fsp3) is 0.750. The van der Waals surface area contributed by atoms with Gasteiger partial charge in [-0.1, -0.05) is 32.6 Å². The third kappa shape index (κ3) is 2.95. The standard InChI is InChI=1S/C16H23IN2O/c1-10-6-8-12(9-7-10)15-18-14(11-4-2-3-5-11)13(17)16(20)19-15/h10-12H,2-9H2,1H3,(H,18,19,20). The Labute approximate surface area is 134 Å². The Morgan fingerprint density at radius 1 is 1.05 bits per heavy atom. The molecule has 2 saturated carbocycles. The highest BCUT2D eigenvalue weighted by atomic mass is 127. The Kier molecular flexibility index (Phi) is 4.48.